The number of aliphatic hydroxyl groups excluding tert-OH is 1. The zero-order valence-corrected chi connectivity index (χ0v) is 12.5. The van der Waals surface area contributed by atoms with Gasteiger partial charge in [0.25, 0.3) is 5.91 Å². The van der Waals surface area contributed by atoms with Gasteiger partial charge in [0.05, 0.1) is 5.56 Å². The molecule has 1 amide bonds. The molecule has 1 aromatic carbocycles. The van der Waals surface area contributed by atoms with Crippen LogP contribution >= 0.6 is 0 Å². The second-order valence-electron chi connectivity index (χ2n) is 5.30. The quantitative estimate of drug-likeness (QED) is 0.858. The number of carbonyl (C=O) groups excluding carboxylic acids is 1. The number of aromatic amines is 1. The maximum atomic E-state index is 12.8. The van der Waals surface area contributed by atoms with Crippen molar-refractivity contribution in [2.24, 2.45) is 0 Å². The summed E-state index contributed by atoms with van der Waals surface area (Å²) in [6.45, 7) is 4.49. The Kier molecular flexibility index (Phi) is 5.17. The molecule has 4 heteroatoms. The van der Waals surface area contributed by atoms with E-state index in [1.807, 2.05) is 49.1 Å². The van der Waals surface area contributed by atoms with E-state index in [0.29, 0.717) is 18.5 Å². The maximum absolute atomic E-state index is 12.8. The van der Waals surface area contributed by atoms with Gasteiger partial charge in [0, 0.05) is 31.1 Å². The average Bonchev–Trinajstić information content (AvgIpc) is 2.91. The molecule has 0 radical (unpaired) electrons. The molecule has 1 atom stereocenters. The van der Waals surface area contributed by atoms with Crippen LogP contribution in [-0.4, -0.2) is 33.5 Å². The number of nitrogens with zero attached hydrogens (tertiary/aromatic N) is 1. The van der Waals surface area contributed by atoms with Gasteiger partial charge < -0.3 is 15.0 Å². The first-order valence-electron chi connectivity index (χ1n) is 7.23. The van der Waals surface area contributed by atoms with Crippen LogP contribution in [0.2, 0.25) is 0 Å². The number of hydrogen-bond donors (Lipinski definition) is 2. The second-order valence-corrected chi connectivity index (χ2v) is 5.30. The Morgan fingerprint density at radius 1 is 1.29 bits per heavy atom. The molecule has 1 heterocycles. The summed E-state index contributed by atoms with van der Waals surface area (Å²) >= 11 is 0. The maximum Gasteiger partial charge on any atom is 0.256 e. The number of aromatic nitrogens is 1. The third-order valence-electron chi connectivity index (χ3n) is 3.72. The van der Waals surface area contributed by atoms with Crippen LogP contribution in [-0.2, 0) is 6.54 Å². The van der Waals surface area contributed by atoms with E-state index in [1.165, 1.54) is 0 Å². The van der Waals surface area contributed by atoms with E-state index < -0.39 is 0 Å². The molecule has 0 aliphatic carbocycles. The molecule has 0 spiro atoms. The number of rotatable bonds is 6. The molecule has 1 unspecified atom stereocenters. The summed E-state index contributed by atoms with van der Waals surface area (Å²) in [4.78, 5) is 17.6. The van der Waals surface area contributed by atoms with Crippen LogP contribution in [0.15, 0.2) is 42.6 Å². The fourth-order valence-electron chi connectivity index (χ4n) is 2.39. The fourth-order valence-corrected chi connectivity index (χ4v) is 2.39. The van der Waals surface area contributed by atoms with Crippen LogP contribution in [0.1, 0.15) is 35.0 Å². The monoisotopic (exact) mass is 286 g/mol. The summed E-state index contributed by atoms with van der Waals surface area (Å²) in [7, 11) is 0. The third-order valence-corrected chi connectivity index (χ3v) is 3.72. The Hall–Kier alpha value is -2.07. The molecule has 0 bridgehead atoms. The smallest absolute Gasteiger partial charge is 0.256 e. The van der Waals surface area contributed by atoms with E-state index in [9.17, 15) is 9.90 Å². The van der Waals surface area contributed by atoms with Crippen molar-refractivity contribution < 1.29 is 9.90 Å². The number of H-pyrrole nitrogens is 1. The van der Waals surface area contributed by atoms with E-state index >= 15 is 0 Å². The van der Waals surface area contributed by atoms with Gasteiger partial charge in [0.15, 0.2) is 0 Å². The number of hydrogen-bond acceptors (Lipinski definition) is 2. The SMILES string of the molecule is Cc1[nH]ccc1C(=O)N(Cc1ccccc1)C(C)CCO. The zero-order valence-electron chi connectivity index (χ0n) is 12.5. The lowest BCUT2D eigenvalue weighted by Gasteiger charge is -2.29. The molecule has 4 nitrogen and oxygen atoms in total. The molecular weight excluding hydrogens is 264 g/mol. The lowest BCUT2D eigenvalue weighted by atomic mass is 10.1. The van der Waals surface area contributed by atoms with E-state index in [0.717, 1.165) is 11.3 Å². The molecule has 0 aliphatic rings. The summed E-state index contributed by atoms with van der Waals surface area (Å²) in [5.74, 6) is -0.00134. The predicted octanol–water partition coefficient (Wildman–Crippen LogP) is 2.74. The Labute approximate surface area is 125 Å². The highest BCUT2D eigenvalue weighted by Gasteiger charge is 2.23. The Morgan fingerprint density at radius 2 is 2.00 bits per heavy atom. The van der Waals surface area contributed by atoms with Gasteiger partial charge >= 0.3 is 0 Å². The van der Waals surface area contributed by atoms with Crippen molar-refractivity contribution in [2.75, 3.05) is 6.61 Å². The van der Waals surface area contributed by atoms with Crippen LogP contribution < -0.4 is 0 Å². The minimum absolute atomic E-state index is 0.00134. The molecule has 0 saturated carbocycles. The summed E-state index contributed by atoms with van der Waals surface area (Å²) in [6.07, 6.45) is 2.35. The Balaban J connectivity index is 2.23. The van der Waals surface area contributed by atoms with Crippen LogP contribution in [0.5, 0.6) is 0 Å². The lowest BCUT2D eigenvalue weighted by Crippen LogP contribution is -2.38. The van der Waals surface area contributed by atoms with Gasteiger partial charge in [0.2, 0.25) is 0 Å². The van der Waals surface area contributed by atoms with Crippen LogP contribution in [0.25, 0.3) is 0 Å². The van der Waals surface area contributed by atoms with Crippen LogP contribution in [0.3, 0.4) is 0 Å². The Morgan fingerprint density at radius 3 is 2.57 bits per heavy atom. The number of nitrogens with one attached hydrogen (secondary N) is 1. The largest absolute Gasteiger partial charge is 0.396 e. The normalized spacial score (nSPS) is 12.1. The van der Waals surface area contributed by atoms with Crippen LogP contribution in [0, 0.1) is 6.92 Å². The first-order chi connectivity index (χ1) is 10.1. The first kappa shape index (κ1) is 15.3. The van der Waals surface area contributed by atoms with E-state index in [-0.39, 0.29) is 18.6 Å². The molecule has 1 aromatic heterocycles. The van der Waals surface area contributed by atoms with Gasteiger partial charge in [-0.1, -0.05) is 30.3 Å². The highest BCUT2D eigenvalue weighted by atomic mass is 16.3. The van der Waals surface area contributed by atoms with E-state index in [2.05, 4.69) is 4.98 Å². The van der Waals surface area contributed by atoms with Crippen LogP contribution in [0.4, 0.5) is 0 Å². The molecule has 0 aliphatic heterocycles. The van der Waals surface area contributed by atoms with E-state index in [4.69, 9.17) is 0 Å². The number of benzene rings is 1. The number of carbonyl (C=O) groups is 1. The average molecular weight is 286 g/mol. The molecule has 21 heavy (non-hydrogen) atoms. The van der Waals surface area contributed by atoms with E-state index in [1.54, 1.807) is 12.3 Å². The van der Waals surface area contributed by atoms with Crippen molar-refractivity contribution in [1.29, 1.82) is 0 Å². The predicted molar refractivity (Wildman–Crippen MR) is 83.0 cm³/mol. The molecule has 2 aromatic rings. The van der Waals surface area contributed by atoms with Gasteiger partial charge in [-0.05, 0) is 31.9 Å². The minimum Gasteiger partial charge on any atom is -0.396 e. The van der Waals surface area contributed by atoms with Crippen molar-refractivity contribution in [1.82, 2.24) is 9.88 Å². The van der Waals surface area contributed by atoms with Gasteiger partial charge in [-0.15, -0.1) is 0 Å². The molecule has 0 fully saturated rings. The van der Waals surface area contributed by atoms with Crippen molar-refractivity contribution in [3.8, 4) is 0 Å². The molecule has 2 rings (SSSR count). The number of aryl methyl sites for hydroxylation is 1. The summed E-state index contributed by atoms with van der Waals surface area (Å²) in [5.41, 5.74) is 2.65. The highest BCUT2D eigenvalue weighted by Crippen LogP contribution is 2.17. The Bertz CT molecular complexity index is 577. The highest BCUT2D eigenvalue weighted by molar-refractivity contribution is 5.95. The van der Waals surface area contributed by atoms with Crippen molar-refractivity contribution >= 4 is 5.91 Å². The van der Waals surface area contributed by atoms with Gasteiger partial charge in [0.1, 0.15) is 0 Å². The standard InChI is InChI=1S/C17H22N2O2/c1-13(9-11-20)19(12-15-6-4-3-5-7-15)17(21)16-8-10-18-14(16)2/h3-8,10,13,18,20H,9,11-12H2,1-2H3. The van der Waals surface area contributed by atoms with Crippen molar-refractivity contribution in [2.45, 2.75) is 32.9 Å². The van der Waals surface area contributed by atoms with Gasteiger partial charge in [-0.3, -0.25) is 4.79 Å². The summed E-state index contributed by atoms with van der Waals surface area (Å²) in [6, 6.07) is 11.7. The number of aliphatic hydroxyl groups is 1. The molecular formula is C17H22N2O2. The lowest BCUT2D eigenvalue weighted by molar-refractivity contribution is 0.0648. The third kappa shape index (κ3) is 3.73. The molecule has 2 N–H and O–H groups in total. The summed E-state index contributed by atoms with van der Waals surface area (Å²) in [5, 5.41) is 9.17. The minimum atomic E-state index is -0.0167. The van der Waals surface area contributed by atoms with Crippen molar-refractivity contribution in [3.63, 3.8) is 0 Å². The number of amides is 1. The molecule has 0 saturated heterocycles. The topological polar surface area (TPSA) is 56.3 Å². The fraction of sp³-hybridized carbons (Fsp3) is 0.353. The molecule has 112 valence electrons. The van der Waals surface area contributed by atoms with Gasteiger partial charge in [-0.25, -0.2) is 0 Å². The summed E-state index contributed by atoms with van der Waals surface area (Å²) < 4.78 is 0. The van der Waals surface area contributed by atoms with Crippen molar-refractivity contribution in [3.05, 3.63) is 59.4 Å². The first-order valence-corrected chi connectivity index (χ1v) is 7.23. The second kappa shape index (κ2) is 7.09. The van der Waals surface area contributed by atoms with Gasteiger partial charge in [-0.2, -0.15) is 0 Å². The zero-order chi connectivity index (χ0) is 15.2.